The van der Waals surface area contributed by atoms with Crippen molar-refractivity contribution < 1.29 is 9.53 Å². The molecule has 1 fully saturated rings. The minimum absolute atomic E-state index is 0.0647. The predicted molar refractivity (Wildman–Crippen MR) is 101 cm³/mol. The zero-order valence-corrected chi connectivity index (χ0v) is 15.0. The number of thioether (sulfide) groups is 1. The van der Waals surface area contributed by atoms with Gasteiger partial charge in [-0.3, -0.25) is 4.79 Å². The average Bonchev–Trinajstić information content (AvgIpc) is 3.00. The van der Waals surface area contributed by atoms with E-state index in [1.54, 1.807) is 0 Å². The molecule has 2 aromatic carbocycles. The van der Waals surface area contributed by atoms with Gasteiger partial charge >= 0.3 is 5.97 Å². The topological polar surface area (TPSA) is 65.0 Å². The minimum atomic E-state index is -0.280. The summed E-state index contributed by atoms with van der Waals surface area (Å²) in [7, 11) is 0. The van der Waals surface area contributed by atoms with Crippen molar-refractivity contribution in [3.8, 4) is 22.5 Å². The van der Waals surface area contributed by atoms with Crippen molar-refractivity contribution in [1.82, 2.24) is 15.2 Å². The van der Waals surface area contributed by atoms with E-state index in [1.165, 1.54) is 11.8 Å². The summed E-state index contributed by atoms with van der Waals surface area (Å²) in [6, 6.07) is 19.8. The number of carbonyl (C=O) groups excluding carboxylic acids is 1. The van der Waals surface area contributed by atoms with Gasteiger partial charge in [0.1, 0.15) is 22.7 Å². The van der Waals surface area contributed by atoms with E-state index < -0.39 is 0 Å². The third-order valence-corrected chi connectivity index (χ3v) is 5.19. The molecule has 2 atom stereocenters. The minimum Gasteiger partial charge on any atom is -0.462 e. The van der Waals surface area contributed by atoms with E-state index in [0.29, 0.717) is 11.6 Å². The first-order valence-electron chi connectivity index (χ1n) is 8.43. The molecule has 0 radical (unpaired) electrons. The Morgan fingerprint density at radius 3 is 2.12 bits per heavy atom. The highest BCUT2D eigenvalue weighted by Crippen LogP contribution is 2.33. The van der Waals surface area contributed by atoms with Gasteiger partial charge in [-0.1, -0.05) is 72.4 Å². The molecule has 3 aromatic rings. The van der Waals surface area contributed by atoms with Crippen LogP contribution < -0.4 is 0 Å². The summed E-state index contributed by atoms with van der Waals surface area (Å²) >= 11 is 1.32. The van der Waals surface area contributed by atoms with Crippen molar-refractivity contribution in [2.45, 2.75) is 29.9 Å². The number of cyclic esters (lactones) is 1. The number of ether oxygens (including phenoxy) is 1. The quantitative estimate of drug-likeness (QED) is 0.653. The van der Waals surface area contributed by atoms with E-state index in [-0.39, 0.29) is 17.3 Å². The third-order valence-electron chi connectivity index (χ3n) is 4.14. The molecular formula is C20H17N3O2S. The van der Waals surface area contributed by atoms with Gasteiger partial charge in [0.2, 0.25) is 5.16 Å². The number of rotatable bonds is 4. The van der Waals surface area contributed by atoms with Crippen molar-refractivity contribution in [2.75, 3.05) is 0 Å². The Kier molecular flexibility index (Phi) is 4.67. The summed E-state index contributed by atoms with van der Waals surface area (Å²) in [4.78, 5) is 16.6. The fourth-order valence-electron chi connectivity index (χ4n) is 2.89. The molecule has 0 N–H and O–H groups in total. The Balaban J connectivity index is 1.74. The van der Waals surface area contributed by atoms with Gasteiger partial charge in [-0.05, 0) is 6.92 Å². The second kappa shape index (κ2) is 7.25. The Labute approximate surface area is 155 Å². The summed E-state index contributed by atoms with van der Waals surface area (Å²) in [5.41, 5.74) is 3.40. The molecule has 6 heteroatoms. The first kappa shape index (κ1) is 16.7. The Morgan fingerprint density at radius 1 is 0.923 bits per heavy atom. The number of aromatic nitrogens is 3. The van der Waals surface area contributed by atoms with Crippen LogP contribution in [0.25, 0.3) is 22.5 Å². The van der Waals surface area contributed by atoms with E-state index in [4.69, 9.17) is 9.72 Å². The van der Waals surface area contributed by atoms with Gasteiger partial charge in [0.15, 0.2) is 0 Å². The maximum absolute atomic E-state index is 11.9. The monoisotopic (exact) mass is 363 g/mol. The molecule has 26 heavy (non-hydrogen) atoms. The zero-order valence-electron chi connectivity index (χ0n) is 14.2. The number of nitrogens with zero attached hydrogens (tertiary/aromatic N) is 3. The van der Waals surface area contributed by atoms with E-state index in [1.807, 2.05) is 67.6 Å². The Hall–Kier alpha value is -2.73. The molecule has 130 valence electrons. The molecule has 0 spiro atoms. The van der Waals surface area contributed by atoms with E-state index >= 15 is 0 Å². The molecule has 5 nitrogen and oxygen atoms in total. The lowest BCUT2D eigenvalue weighted by Gasteiger charge is -2.10. The Morgan fingerprint density at radius 2 is 1.54 bits per heavy atom. The molecular weight excluding hydrogens is 346 g/mol. The smallest absolute Gasteiger partial charge is 0.319 e. The molecule has 0 saturated carbocycles. The van der Waals surface area contributed by atoms with Crippen molar-refractivity contribution in [3.63, 3.8) is 0 Å². The summed E-state index contributed by atoms with van der Waals surface area (Å²) in [6.45, 7) is 1.89. The zero-order chi connectivity index (χ0) is 17.9. The standard InChI is InChI=1S/C20H17N3O2S/c1-13-12-16(19(24)25-13)26-20-21-17(14-8-4-2-5-9-14)18(22-23-20)15-10-6-3-7-11-15/h2-11,13,16H,12H2,1H3/t13-,16-/m1/s1. The van der Waals surface area contributed by atoms with Crippen LogP contribution in [0, 0.1) is 0 Å². The van der Waals surface area contributed by atoms with Gasteiger partial charge in [0.25, 0.3) is 0 Å². The number of carbonyl (C=O) groups is 1. The number of esters is 1. The van der Waals surface area contributed by atoms with Crippen molar-refractivity contribution in [2.24, 2.45) is 0 Å². The van der Waals surface area contributed by atoms with Crippen LogP contribution in [0.3, 0.4) is 0 Å². The average molecular weight is 363 g/mol. The molecule has 1 aromatic heterocycles. The molecule has 0 bridgehead atoms. The van der Waals surface area contributed by atoms with Gasteiger partial charge in [-0.25, -0.2) is 4.98 Å². The second-order valence-corrected chi connectivity index (χ2v) is 7.28. The van der Waals surface area contributed by atoms with Crippen LogP contribution in [0.15, 0.2) is 65.8 Å². The van der Waals surface area contributed by atoms with Crippen molar-refractivity contribution >= 4 is 17.7 Å². The molecule has 2 heterocycles. The molecule has 4 rings (SSSR count). The lowest BCUT2D eigenvalue weighted by Crippen LogP contribution is -2.11. The number of benzene rings is 2. The number of hydrogen-bond donors (Lipinski definition) is 0. The van der Waals surface area contributed by atoms with Crippen LogP contribution in [0.1, 0.15) is 13.3 Å². The summed E-state index contributed by atoms with van der Waals surface area (Å²) < 4.78 is 5.22. The molecule has 1 aliphatic rings. The fourth-order valence-corrected chi connectivity index (χ4v) is 3.90. The molecule has 0 unspecified atom stereocenters. The molecule has 1 saturated heterocycles. The van der Waals surface area contributed by atoms with Gasteiger partial charge in [0.05, 0.1) is 0 Å². The first-order valence-corrected chi connectivity index (χ1v) is 9.31. The molecule has 0 amide bonds. The highest BCUT2D eigenvalue weighted by molar-refractivity contribution is 8.00. The Bertz CT molecular complexity index is 919. The maximum Gasteiger partial charge on any atom is 0.319 e. The van der Waals surface area contributed by atoms with Crippen LogP contribution in [0.2, 0.25) is 0 Å². The van der Waals surface area contributed by atoms with Crippen LogP contribution in [0.5, 0.6) is 0 Å². The highest BCUT2D eigenvalue weighted by atomic mass is 32.2. The first-order chi connectivity index (χ1) is 12.7. The van der Waals surface area contributed by atoms with Gasteiger partial charge in [0, 0.05) is 17.5 Å². The van der Waals surface area contributed by atoms with E-state index in [0.717, 1.165) is 22.5 Å². The molecule has 0 aliphatic carbocycles. The lowest BCUT2D eigenvalue weighted by atomic mass is 10.0. The third kappa shape index (κ3) is 3.46. The van der Waals surface area contributed by atoms with Crippen LogP contribution >= 0.6 is 11.8 Å². The van der Waals surface area contributed by atoms with E-state index in [9.17, 15) is 4.79 Å². The largest absolute Gasteiger partial charge is 0.462 e. The summed E-state index contributed by atoms with van der Waals surface area (Å²) in [5.74, 6) is -0.209. The van der Waals surface area contributed by atoms with Crippen LogP contribution in [-0.4, -0.2) is 32.5 Å². The fraction of sp³-hybridized carbons (Fsp3) is 0.200. The SMILES string of the molecule is C[C@@H]1C[C@@H](Sc2nnc(-c3ccccc3)c(-c3ccccc3)n2)C(=O)O1. The van der Waals surface area contributed by atoms with Crippen LogP contribution in [-0.2, 0) is 9.53 Å². The number of hydrogen-bond acceptors (Lipinski definition) is 6. The van der Waals surface area contributed by atoms with Gasteiger partial charge in [-0.15, -0.1) is 10.2 Å². The highest BCUT2D eigenvalue weighted by Gasteiger charge is 2.33. The maximum atomic E-state index is 11.9. The van der Waals surface area contributed by atoms with E-state index in [2.05, 4.69) is 10.2 Å². The normalized spacial score (nSPS) is 19.3. The second-order valence-electron chi connectivity index (χ2n) is 6.11. The van der Waals surface area contributed by atoms with Gasteiger partial charge in [-0.2, -0.15) is 0 Å². The summed E-state index contributed by atoms with van der Waals surface area (Å²) in [6.07, 6.45) is 0.596. The van der Waals surface area contributed by atoms with Gasteiger partial charge < -0.3 is 4.74 Å². The van der Waals surface area contributed by atoms with Crippen molar-refractivity contribution in [1.29, 1.82) is 0 Å². The predicted octanol–water partition coefficient (Wildman–Crippen LogP) is 4.00. The lowest BCUT2D eigenvalue weighted by molar-refractivity contribution is -0.140. The summed E-state index contributed by atoms with van der Waals surface area (Å²) in [5, 5.41) is 8.89. The molecule has 1 aliphatic heterocycles. The van der Waals surface area contributed by atoms with Crippen LogP contribution in [0.4, 0.5) is 0 Å². The van der Waals surface area contributed by atoms with Crippen molar-refractivity contribution in [3.05, 3.63) is 60.7 Å².